The molecule has 0 aliphatic carbocycles. The Kier molecular flexibility index (Phi) is 4.70. The Hall–Kier alpha value is -0.910. The summed E-state index contributed by atoms with van der Waals surface area (Å²) in [4.78, 5) is 6.91. The van der Waals surface area contributed by atoms with Gasteiger partial charge in [0.15, 0.2) is 0 Å². The largest absolute Gasteiger partial charge is 0.369 e. The van der Waals surface area contributed by atoms with Crippen molar-refractivity contribution in [3.8, 4) is 0 Å². The second kappa shape index (κ2) is 6.70. The van der Waals surface area contributed by atoms with Crippen LogP contribution in [-0.2, 0) is 11.3 Å². The smallest absolute Gasteiger partial charge is 0.111 e. The molecule has 0 saturated carbocycles. The highest BCUT2D eigenvalue weighted by Gasteiger charge is 2.21. The van der Waals surface area contributed by atoms with Crippen molar-refractivity contribution in [3.05, 3.63) is 18.2 Å². The number of hydrogen-bond donors (Lipinski definition) is 1. The highest BCUT2D eigenvalue weighted by atomic mass is 16.5. The van der Waals surface area contributed by atoms with E-state index in [-0.39, 0.29) is 6.10 Å². The summed E-state index contributed by atoms with van der Waals surface area (Å²) in [6, 6.07) is 0. The van der Waals surface area contributed by atoms with Gasteiger partial charge in [0.1, 0.15) is 6.10 Å². The molecule has 5 heteroatoms. The first-order chi connectivity index (χ1) is 9.83. The first kappa shape index (κ1) is 14.0. The molecule has 20 heavy (non-hydrogen) atoms. The van der Waals surface area contributed by atoms with E-state index in [9.17, 15) is 0 Å². The van der Waals surface area contributed by atoms with Gasteiger partial charge in [-0.25, -0.2) is 4.98 Å². The molecular formula is C15H26N4O. The number of likely N-dealkylation sites (tertiary alicyclic amines) is 1. The molecule has 0 aromatic carbocycles. The summed E-state index contributed by atoms with van der Waals surface area (Å²) < 4.78 is 8.12. The van der Waals surface area contributed by atoms with E-state index in [0.717, 1.165) is 26.2 Å². The Bertz CT molecular complexity index is 408. The molecule has 5 nitrogen and oxygen atoms in total. The first-order valence-corrected chi connectivity index (χ1v) is 7.87. The molecule has 3 heterocycles. The van der Waals surface area contributed by atoms with Crippen LogP contribution >= 0.6 is 0 Å². The summed E-state index contributed by atoms with van der Waals surface area (Å²) in [6.07, 6.45) is 6.80. The van der Waals surface area contributed by atoms with Crippen molar-refractivity contribution in [2.24, 2.45) is 5.92 Å². The van der Waals surface area contributed by atoms with Gasteiger partial charge in [-0.1, -0.05) is 6.92 Å². The van der Waals surface area contributed by atoms with Crippen molar-refractivity contribution in [1.82, 2.24) is 19.8 Å². The standard InChI is InChI=1S/C15H26N4O/c1-13(10-18-5-2-3-6-18)11-19-12-17-8-14(19)15-9-16-4-7-20-15/h8,12-13,15-16H,2-7,9-11H2,1H3. The Morgan fingerprint density at radius 1 is 1.40 bits per heavy atom. The monoisotopic (exact) mass is 278 g/mol. The molecule has 2 aliphatic heterocycles. The second-order valence-corrected chi connectivity index (χ2v) is 6.15. The maximum absolute atomic E-state index is 5.84. The summed E-state index contributed by atoms with van der Waals surface area (Å²) in [7, 11) is 0. The van der Waals surface area contributed by atoms with Crippen molar-refractivity contribution in [2.75, 3.05) is 39.3 Å². The predicted molar refractivity (Wildman–Crippen MR) is 78.6 cm³/mol. The van der Waals surface area contributed by atoms with Crippen LogP contribution in [0, 0.1) is 5.92 Å². The molecule has 0 bridgehead atoms. The molecular weight excluding hydrogens is 252 g/mol. The average Bonchev–Trinajstić information content (AvgIpc) is 3.11. The zero-order valence-corrected chi connectivity index (χ0v) is 12.4. The van der Waals surface area contributed by atoms with Crippen LogP contribution < -0.4 is 5.32 Å². The minimum Gasteiger partial charge on any atom is -0.369 e. The van der Waals surface area contributed by atoms with Crippen LogP contribution in [0.25, 0.3) is 0 Å². The van der Waals surface area contributed by atoms with Gasteiger partial charge in [0.05, 0.1) is 24.8 Å². The normalized spacial score (nSPS) is 25.9. The van der Waals surface area contributed by atoms with E-state index in [2.05, 4.69) is 26.7 Å². The fourth-order valence-corrected chi connectivity index (χ4v) is 3.31. The minimum absolute atomic E-state index is 0.158. The first-order valence-electron chi connectivity index (χ1n) is 7.87. The maximum atomic E-state index is 5.84. The van der Waals surface area contributed by atoms with Gasteiger partial charge in [0.25, 0.3) is 0 Å². The number of nitrogens with zero attached hydrogens (tertiary/aromatic N) is 3. The number of hydrogen-bond acceptors (Lipinski definition) is 4. The molecule has 3 rings (SSSR count). The van der Waals surface area contributed by atoms with Crippen molar-refractivity contribution < 1.29 is 4.74 Å². The third kappa shape index (κ3) is 3.40. The van der Waals surface area contributed by atoms with E-state index in [0.29, 0.717) is 5.92 Å². The number of imidazole rings is 1. The number of aromatic nitrogens is 2. The summed E-state index contributed by atoms with van der Waals surface area (Å²) in [5, 5.41) is 3.39. The van der Waals surface area contributed by atoms with Crippen molar-refractivity contribution in [3.63, 3.8) is 0 Å². The molecule has 1 aromatic rings. The fourth-order valence-electron chi connectivity index (χ4n) is 3.31. The van der Waals surface area contributed by atoms with Gasteiger partial charge in [-0.05, 0) is 31.8 Å². The average molecular weight is 278 g/mol. The molecule has 0 spiro atoms. The molecule has 0 amide bonds. The highest BCUT2D eigenvalue weighted by Crippen LogP contribution is 2.20. The summed E-state index contributed by atoms with van der Waals surface area (Å²) in [6.45, 7) is 9.75. The molecule has 112 valence electrons. The second-order valence-electron chi connectivity index (χ2n) is 6.15. The Labute approximate surface area is 121 Å². The summed E-state index contributed by atoms with van der Waals surface area (Å²) >= 11 is 0. The minimum atomic E-state index is 0.158. The van der Waals surface area contributed by atoms with E-state index in [1.165, 1.54) is 38.2 Å². The lowest BCUT2D eigenvalue weighted by Gasteiger charge is -2.26. The summed E-state index contributed by atoms with van der Waals surface area (Å²) in [5.41, 5.74) is 1.21. The third-order valence-electron chi connectivity index (χ3n) is 4.28. The zero-order valence-electron chi connectivity index (χ0n) is 12.4. The van der Waals surface area contributed by atoms with Gasteiger partial charge in [-0.15, -0.1) is 0 Å². The Morgan fingerprint density at radius 3 is 3.00 bits per heavy atom. The summed E-state index contributed by atoms with van der Waals surface area (Å²) in [5.74, 6) is 0.651. The number of rotatable bonds is 5. The van der Waals surface area contributed by atoms with Gasteiger partial charge >= 0.3 is 0 Å². The fraction of sp³-hybridized carbons (Fsp3) is 0.800. The third-order valence-corrected chi connectivity index (χ3v) is 4.28. The van der Waals surface area contributed by atoms with Crippen molar-refractivity contribution in [1.29, 1.82) is 0 Å². The van der Waals surface area contributed by atoms with Crippen molar-refractivity contribution >= 4 is 0 Å². The van der Waals surface area contributed by atoms with E-state index in [1.807, 2.05) is 12.5 Å². The molecule has 2 atom stereocenters. The van der Waals surface area contributed by atoms with Gasteiger partial charge in [0.2, 0.25) is 0 Å². The predicted octanol–water partition coefficient (Wildman–Crippen LogP) is 1.28. The highest BCUT2D eigenvalue weighted by molar-refractivity contribution is 5.05. The van der Waals surface area contributed by atoms with Crippen LogP contribution in [0.3, 0.4) is 0 Å². The SMILES string of the molecule is CC(CN1CCCC1)Cn1cncc1C1CNCCO1. The van der Waals surface area contributed by atoms with Gasteiger partial charge in [-0.3, -0.25) is 0 Å². The van der Waals surface area contributed by atoms with Crippen LogP contribution in [0.5, 0.6) is 0 Å². The van der Waals surface area contributed by atoms with E-state index in [4.69, 9.17) is 4.74 Å². The quantitative estimate of drug-likeness (QED) is 0.881. The number of morpholine rings is 1. The topological polar surface area (TPSA) is 42.3 Å². The molecule has 2 unspecified atom stereocenters. The lowest BCUT2D eigenvalue weighted by atomic mass is 10.1. The maximum Gasteiger partial charge on any atom is 0.111 e. The van der Waals surface area contributed by atoms with Crippen LogP contribution in [-0.4, -0.2) is 53.8 Å². The van der Waals surface area contributed by atoms with E-state index < -0.39 is 0 Å². The Morgan fingerprint density at radius 2 is 2.25 bits per heavy atom. The lowest BCUT2D eigenvalue weighted by molar-refractivity contribution is 0.0223. The van der Waals surface area contributed by atoms with Gasteiger partial charge < -0.3 is 19.5 Å². The van der Waals surface area contributed by atoms with Gasteiger partial charge in [0, 0.05) is 26.2 Å². The zero-order chi connectivity index (χ0) is 13.8. The van der Waals surface area contributed by atoms with Crippen molar-refractivity contribution in [2.45, 2.75) is 32.4 Å². The molecule has 2 saturated heterocycles. The van der Waals surface area contributed by atoms with Crippen LogP contribution in [0.4, 0.5) is 0 Å². The molecule has 1 N–H and O–H groups in total. The molecule has 2 aliphatic rings. The molecule has 1 aromatic heterocycles. The van der Waals surface area contributed by atoms with Crippen LogP contribution in [0.2, 0.25) is 0 Å². The van der Waals surface area contributed by atoms with E-state index >= 15 is 0 Å². The number of nitrogens with one attached hydrogen (secondary N) is 1. The van der Waals surface area contributed by atoms with Crippen LogP contribution in [0.1, 0.15) is 31.6 Å². The van der Waals surface area contributed by atoms with E-state index in [1.54, 1.807) is 0 Å². The number of ether oxygens (including phenoxy) is 1. The van der Waals surface area contributed by atoms with Gasteiger partial charge in [-0.2, -0.15) is 0 Å². The lowest BCUT2D eigenvalue weighted by Crippen LogP contribution is -2.35. The molecule has 0 radical (unpaired) electrons. The Balaban J connectivity index is 1.57. The van der Waals surface area contributed by atoms with Crippen LogP contribution in [0.15, 0.2) is 12.5 Å². The molecule has 2 fully saturated rings.